The van der Waals surface area contributed by atoms with Crippen molar-refractivity contribution in [2.45, 2.75) is 19.1 Å². The van der Waals surface area contributed by atoms with Gasteiger partial charge >= 0.3 is 6.18 Å². The van der Waals surface area contributed by atoms with Crippen LogP contribution in [-0.4, -0.2) is 62.7 Å². The molecule has 0 spiro atoms. The molecule has 2 amide bonds. The second-order valence-corrected chi connectivity index (χ2v) is 8.37. The Bertz CT molecular complexity index is 1010. The number of carbonyl (C=O) groups is 2. The average molecular weight is 499 g/mol. The third-order valence-corrected chi connectivity index (χ3v) is 5.83. The van der Waals surface area contributed by atoms with E-state index in [-0.39, 0.29) is 18.1 Å². The van der Waals surface area contributed by atoms with E-state index in [1.54, 1.807) is 26.1 Å². The van der Waals surface area contributed by atoms with E-state index in [0.717, 1.165) is 30.9 Å². The minimum absolute atomic E-state index is 0.0346. The smallest absolute Gasteiger partial charge is 0.378 e. The van der Waals surface area contributed by atoms with Crippen molar-refractivity contribution in [1.82, 2.24) is 4.90 Å². The van der Waals surface area contributed by atoms with Crippen molar-refractivity contribution in [2.24, 2.45) is 0 Å². The molecule has 1 aliphatic heterocycles. The first-order chi connectivity index (χ1) is 16.0. The highest BCUT2D eigenvalue weighted by Gasteiger charge is 2.33. The van der Waals surface area contributed by atoms with Gasteiger partial charge < -0.3 is 20.3 Å². The molecule has 0 aliphatic carbocycles. The maximum atomic E-state index is 13.0. The molecule has 0 aromatic heterocycles. The molecule has 3 rings (SSSR count). The summed E-state index contributed by atoms with van der Waals surface area (Å²) in [5.74, 6) is -0.882. The van der Waals surface area contributed by atoms with Crippen LogP contribution < -0.4 is 15.5 Å². The molecule has 2 N–H and O–H groups in total. The van der Waals surface area contributed by atoms with E-state index >= 15 is 0 Å². The Kier molecular flexibility index (Phi) is 8.40. The molecule has 2 aromatic rings. The van der Waals surface area contributed by atoms with Crippen molar-refractivity contribution < 1.29 is 27.5 Å². The molecule has 1 aliphatic rings. The van der Waals surface area contributed by atoms with E-state index in [4.69, 9.17) is 16.3 Å². The summed E-state index contributed by atoms with van der Waals surface area (Å²) in [6.45, 7) is 4.41. The number of carbonyl (C=O) groups excluding carboxylic acids is 2. The Balaban J connectivity index is 1.53. The quantitative estimate of drug-likeness (QED) is 0.601. The van der Waals surface area contributed by atoms with Crippen LogP contribution in [0.1, 0.15) is 12.5 Å². The Morgan fingerprint density at radius 2 is 1.71 bits per heavy atom. The van der Waals surface area contributed by atoms with E-state index in [1.807, 2.05) is 12.1 Å². The fraction of sp³-hybridized carbons (Fsp3) is 0.391. The number of rotatable bonds is 7. The minimum atomic E-state index is -4.64. The molecule has 11 heteroatoms. The van der Waals surface area contributed by atoms with Gasteiger partial charge in [-0.1, -0.05) is 11.6 Å². The van der Waals surface area contributed by atoms with Crippen LogP contribution in [0.4, 0.5) is 30.2 Å². The Morgan fingerprint density at radius 1 is 1.09 bits per heavy atom. The number of hydrogen-bond donors (Lipinski definition) is 2. The van der Waals surface area contributed by atoms with Gasteiger partial charge in [0.25, 0.3) is 0 Å². The summed E-state index contributed by atoms with van der Waals surface area (Å²) >= 11 is 5.60. The highest BCUT2D eigenvalue weighted by atomic mass is 35.5. The minimum Gasteiger partial charge on any atom is -0.378 e. The molecule has 0 radical (unpaired) electrons. The van der Waals surface area contributed by atoms with Crippen molar-refractivity contribution in [3.05, 3.63) is 53.1 Å². The van der Waals surface area contributed by atoms with Crippen LogP contribution in [0, 0.1) is 0 Å². The van der Waals surface area contributed by atoms with E-state index < -0.39 is 28.7 Å². The van der Waals surface area contributed by atoms with Crippen molar-refractivity contribution >= 4 is 40.5 Å². The second kappa shape index (κ2) is 11.1. The second-order valence-electron chi connectivity index (χ2n) is 7.97. The van der Waals surface area contributed by atoms with Crippen LogP contribution in [0.15, 0.2) is 42.5 Å². The molecule has 184 valence electrons. The molecular formula is C23H26ClF3N4O3. The summed E-state index contributed by atoms with van der Waals surface area (Å²) in [6.07, 6.45) is -4.64. The van der Waals surface area contributed by atoms with Gasteiger partial charge in [-0.05, 0) is 56.4 Å². The maximum Gasteiger partial charge on any atom is 0.417 e. The summed E-state index contributed by atoms with van der Waals surface area (Å²) in [4.78, 5) is 28.6. The molecule has 0 bridgehead atoms. The first-order valence-corrected chi connectivity index (χ1v) is 11.0. The summed E-state index contributed by atoms with van der Waals surface area (Å²) in [5, 5.41) is 4.77. The highest BCUT2D eigenvalue weighted by molar-refractivity contribution is 6.31. The van der Waals surface area contributed by atoms with E-state index in [2.05, 4.69) is 15.5 Å². The summed E-state index contributed by atoms with van der Waals surface area (Å²) in [7, 11) is 1.58. The van der Waals surface area contributed by atoms with Gasteiger partial charge in [-0.25, -0.2) is 0 Å². The van der Waals surface area contributed by atoms with Crippen LogP contribution in [0.2, 0.25) is 5.02 Å². The molecule has 1 unspecified atom stereocenters. The van der Waals surface area contributed by atoms with E-state index in [0.29, 0.717) is 18.9 Å². The maximum absolute atomic E-state index is 13.0. The van der Waals surface area contributed by atoms with Crippen LogP contribution in [-0.2, 0) is 20.5 Å². The van der Waals surface area contributed by atoms with E-state index in [9.17, 15) is 22.8 Å². The summed E-state index contributed by atoms with van der Waals surface area (Å²) in [5.41, 5.74) is 0.590. The third-order valence-electron chi connectivity index (χ3n) is 5.50. The lowest BCUT2D eigenvalue weighted by Crippen LogP contribution is -2.43. The van der Waals surface area contributed by atoms with Gasteiger partial charge in [0.15, 0.2) is 0 Å². The number of anilines is 3. The fourth-order valence-corrected chi connectivity index (χ4v) is 3.63. The van der Waals surface area contributed by atoms with Crippen LogP contribution >= 0.6 is 11.6 Å². The van der Waals surface area contributed by atoms with Crippen molar-refractivity contribution in [1.29, 1.82) is 0 Å². The van der Waals surface area contributed by atoms with Crippen LogP contribution in [0.25, 0.3) is 0 Å². The summed E-state index contributed by atoms with van der Waals surface area (Å²) in [6, 6.07) is 9.92. The lowest BCUT2D eigenvalue weighted by atomic mass is 10.2. The molecule has 2 aromatic carbocycles. The van der Waals surface area contributed by atoms with Gasteiger partial charge in [0.1, 0.15) is 0 Å². The molecule has 1 heterocycles. The SMILES string of the molecule is CC(C(=O)Nc1ccc(N2CCOCC2)cc1)N(C)CC(=O)Nc1ccc(Cl)c(C(F)(F)F)c1. The number of hydrogen-bond acceptors (Lipinski definition) is 5. The number of alkyl halides is 3. The number of nitrogens with one attached hydrogen (secondary N) is 2. The zero-order valence-electron chi connectivity index (χ0n) is 18.8. The number of nitrogens with zero attached hydrogens (tertiary/aromatic N) is 2. The first-order valence-electron chi connectivity index (χ1n) is 10.6. The molecule has 34 heavy (non-hydrogen) atoms. The molecule has 0 saturated carbocycles. The third kappa shape index (κ3) is 6.85. The van der Waals surface area contributed by atoms with Gasteiger partial charge in [-0.2, -0.15) is 13.2 Å². The number of morpholine rings is 1. The lowest BCUT2D eigenvalue weighted by Gasteiger charge is -2.29. The highest BCUT2D eigenvalue weighted by Crippen LogP contribution is 2.36. The predicted molar refractivity (Wildman–Crippen MR) is 125 cm³/mol. The molecule has 1 fully saturated rings. The monoisotopic (exact) mass is 498 g/mol. The number of benzene rings is 2. The van der Waals surface area contributed by atoms with Gasteiger partial charge in [0.2, 0.25) is 11.8 Å². The largest absolute Gasteiger partial charge is 0.417 e. The normalized spacial score (nSPS) is 15.2. The zero-order chi connectivity index (χ0) is 24.9. The van der Waals surface area contributed by atoms with Crippen LogP contribution in [0.5, 0.6) is 0 Å². The van der Waals surface area contributed by atoms with Crippen LogP contribution in [0.3, 0.4) is 0 Å². The number of amides is 2. The predicted octanol–water partition coefficient (Wildman–Crippen LogP) is 4.09. The Morgan fingerprint density at radius 3 is 2.32 bits per heavy atom. The topological polar surface area (TPSA) is 73.9 Å². The Hall–Kier alpha value is -2.82. The number of halogens is 4. The lowest BCUT2D eigenvalue weighted by molar-refractivity contribution is -0.137. The van der Waals surface area contributed by atoms with E-state index in [1.165, 1.54) is 11.0 Å². The number of ether oxygens (including phenoxy) is 1. The molecule has 1 atom stereocenters. The van der Waals surface area contributed by atoms with Gasteiger partial charge in [0, 0.05) is 30.2 Å². The Labute approximate surface area is 200 Å². The standard InChI is InChI=1S/C23H26ClF3N4O3/c1-15(22(33)29-16-3-6-18(7-4-16)31-9-11-34-12-10-31)30(2)14-21(32)28-17-5-8-20(24)19(13-17)23(25,26)27/h3-8,13,15H,9-12,14H2,1-2H3,(H,28,32)(H,29,33). The van der Waals surface area contributed by atoms with Gasteiger partial charge in [-0.15, -0.1) is 0 Å². The van der Waals surface area contributed by atoms with Gasteiger partial charge in [0.05, 0.1) is 36.4 Å². The van der Waals surface area contributed by atoms with Crippen molar-refractivity contribution in [3.63, 3.8) is 0 Å². The molecular weight excluding hydrogens is 473 g/mol. The van der Waals surface area contributed by atoms with Gasteiger partial charge in [-0.3, -0.25) is 14.5 Å². The number of likely N-dealkylation sites (N-methyl/N-ethyl adjacent to an activating group) is 1. The average Bonchev–Trinajstić information content (AvgIpc) is 2.80. The first kappa shape index (κ1) is 25.8. The summed E-state index contributed by atoms with van der Waals surface area (Å²) < 4.78 is 44.4. The molecule has 1 saturated heterocycles. The van der Waals surface area contributed by atoms with Crippen molar-refractivity contribution in [2.75, 3.05) is 55.4 Å². The molecule has 7 nitrogen and oxygen atoms in total. The zero-order valence-corrected chi connectivity index (χ0v) is 19.5. The van der Waals surface area contributed by atoms with Crippen molar-refractivity contribution in [3.8, 4) is 0 Å². The fourth-order valence-electron chi connectivity index (χ4n) is 3.41.